The molecular weight excluding hydrogens is 450 g/mol. The molecule has 0 saturated heterocycles. The molecule has 0 saturated carbocycles. The first kappa shape index (κ1) is 22.6. The summed E-state index contributed by atoms with van der Waals surface area (Å²) < 4.78 is 1.55. The number of fused-ring (bicyclic) bond motifs is 1. The minimum absolute atomic E-state index is 0.00598. The molecule has 174 valence electrons. The molecule has 3 aromatic carbocycles. The maximum absolute atomic E-state index is 13.6. The van der Waals surface area contributed by atoms with E-state index in [4.69, 9.17) is 4.98 Å². The minimum Gasteiger partial charge on any atom is -0.508 e. The highest BCUT2D eigenvalue weighted by Gasteiger charge is 2.13. The first-order chi connectivity index (χ1) is 17.5. The van der Waals surface area contributed by atoms with Gasteiger partial charge in [-0.05, 0) is 85.3 Å². The van der Waals surface area contributed by atoms with E-state index in [-0.39, 0.29) is 17.1 Å². The van der Waals surface area contributed by atoms with Crippen LogP contribution < -0.4 is 5.56 Å². The van der Waals surface area contributed by atoms with Crippen LogP contribution in [0.5, 0.6) is 11.5 Å². The summed E-state index contributed by atoms with van der Waals surface area (Å²) in [5, 5.41) is 20.5. The maximum Gasteiger partial charge on any atom is 0.266 e. The van der Waals surface area contributed by atoms with Crippen molar-refractivity contribution >= 4 is 23.1 Å². The van der Waals surface area contributed by atoms with Gasteiger partial charge in [0.15, 0.2) is 0 Å². The Morgan fingerprint density at radius 2 is 1.72 bits per heavy atom. The van der Waals surface area contributed by atoms with E-state index in [1.165, 1.54) is 18.2 Å². The van der Waals surface area contributed by atoms with E-state index in [9.17, 15) is 15.0 Å². The second-order valence-corrected chi connectivity index (χ2v) is 8.20. The number of hydrogen-bond acceptors (Lipinski definition) is 5. The summed E-state index contributed by atoms with van der Waals surface area (Å²) >= 11 is 0. The lowest BCUT2D eigenvalue weighted by molar-refractivity contribution is 0.459. The van der Waals surface area contributed by atoms with Crippen LogP contribution in [-0.4, -0.2) is 24.7 Å². The second-order valence-electron chi connectivity index (χ2n) is 8.20. The van der Waals surface area contributed by atoms with Crippen molar-refractivity contribution in [1.82, 2.24) is 14.5 Å². The number of pyridine rings is 1. The fourth-order valence-corrected chi connectivity index (χ4v) is 3.90. The number of aromatic hydroxyl groups is 2. The molecule has 36 heavy (non-hydrogen) atoms. The van der Waals surface area contributed by atoms with Crippen LogP contribution >= 0.6 is 0 Å². The lowest BCUT2D eigenvalue weighted by Crippen LogP contribution is -2.23. The number of benzene rings is 3. The number of aryl methyl sites for hydroxylation is 1. The predicted molar refractivity (Wildman–Crippen MR) is 141 cm³/mol. The zero-order valence-electron chi connectivity index (χ0n) is 19.4. The highest BCUT2D eigenvalue weighted by molar-refractivity contribution is 5.80. The molecule has 0 unspecified atom stereocenters. The second kappa shape index (κ2) is 9.61. The normalized spacial score (nSPS) is 10.9. The van der Waals surface area contributed by atoms with E-state index in [2.05, 4.69) is 16.8 Å². The molecule has 2 heterocycles. The molecule has 5 rings (SSSR count). The van der Waals surface area contributed by atoms with Gasteiger partial charge in [0.2, 0.25) is 0 Å². The van der Waals surface area contributed by atoms with Crippen LogP contribution in [0.25, 0.3) is 28.7 Å². The van der Waals surface area contributed by atoms with Crippen LogP contribution in [-0.2, 0) is 0 Å². The molecule has 0 radical (unpaired) electrons. The van der Waals surface area contributed by atoms with Crippen molar-refractivity contribution in [2.24, 2.45) is 0 Å². The van der Waals surface area contributed by atoms with Gasteiger partial charge in [0.05, 0.1) is 16.6 Å². The van der Waals surface area contributed by atoms with Gasteiger partial charge in [0.1, 0.15) is 17.3 Å². The number of rotatable bonds is 3. The summed E-state index contributed by atoms with van der Waals surface area (Å²) in [6.07, 6.45) is 6.67. The summed E-state index contributed by atoms with van der Waals surface area (Å²) in [4.78, 5) is 22.4. The van der Waals surface area contributed by atoms with Gasteiger partial charge in [0.25, 0.3) is 5.56 Å². The van der Waals surface area contributed by atoms with Crippen LogP contribution in [0.1, 0.15) is 28.1 Å². The number of phenolic OH excluding ortho intramolecular Hbond substituents is 2. The first-order valence-corrected chi connectivity index (χ1v) is 11.2. The third kappa shape index (κ3) is 4.59. The molecule has 6 nitrogen and oxygen atoms in total. The third-order valence-corrected chi connectivity index (χ3v) is 5.68. The first-order valence-electron chi connectivity index (χ1n) is 11.2. The lowest BCUT2D eigenvalue weighted by atomic mass is 10.1. The molecule has 5 aromatic rings. The topological polar surface area (TPSA) is 88.2 Å². The van der Waals surface area contributed by atoms with Crippen molar-refractivity contribution in [3.63, 3.8) is 0 Å². The summed E-state index contributed by atoms with van der Waals surface area (Å²) in [6, 6.07) is 20.8. The molecule has 0 spiro atoms. The van der Waals surface area contributed by atoms with Crippen LogP contribution in [0.3, 0.4) is 0 Å². The molecule has 0 aliphatic carbocycles. The number of hydrogen-bond donors (Lipinski definition) is 2. The molecule has 0 amide bonds. The summed E-state index contributed by atoms with van der Waals surface area (Å²) in [7, 11) is 0. The molecular formula is C30H21N3O3. The van der Waals surface area contributed by atoms with E-state index in [1.807, 2.05) is 43.3 Å². The average molecular weight is 472 g/mol. The van der Waals surface area contributed by atoms with E-state index in [0.29, 0.717) is 28.0 Å². The monoisotopic (exact) mass is 471 g/mol. The van der Waals surface area contributed by atoms with Gasteiger partial charge in [0, 0.05) is 29.1 Å². The van der Waals surface area contributed by atoms with E-state index in [1.54, 1.807) is 47.3 Å². The average Bonchev–Trinajstić information content (AvgIpc) is 2.89. The number of nitrogens with zero attached hydrogens (tertiary/aromatic N) is 3. The van der Waals surface area contributed by atoms with Gasteiger partial charge in [-0.25, -0.2) is 4.98 Å². The van der Waals surface area contributed by atoms with Gasteiger partial charge >= 0.3 is 0 Å². The molecule has 0 aliphatic rings. The Balaban J connectivity index is 1.63. The van der Waals surface area contributed by atoms with Crippen molar-refractivity contribution < 1.29 is 10.2 Å². The minimum atomic E-state index is -0.210. The zero-order valence-corrected chi connectivity index (χ0v) is 19.4. The van der Waals surface area contributed by atoms with E-state index < -0.39 is 0 Å². The summed E-state index contributed by atoms with van der Waals surface area (Å²) in [5.41, 5.74) is 3.90. The molecule has 2 N–H and O–H groups in total. The number of phenols is 2. The van der Waals surface area contributed by atoms with Crippen molar-refractivity contribution in [2.45, 2.75) is 6.92 Å². The fraction of sp³-hybridized carbons (Fsp3) is 0.0333. The molecule has 0 aliphatic heterocycles. The number of para-hydroxylation sites is 1. The standard InChI is InChI=1S/C30H21N3O3/c1-20-17-21(8-9-22-5-4-16-31-19-22)10-13-27(20)33-29(15-11-23-18-24(34)12-14-28(23)35)32-26-7-3-2-6-25(26)30(33)36/h2-7,10-19,34-35H,1H3/b15-11+. The van der Waals surface area contributed by atoms with E-state index in [0.717, 1.165) is 16.7 Å². The van der Waals surface area contributed by atoms with Gasteiger partial charge in [-0.2, -0.15) is 0 Å². The Morgan fingerprint density at radius 3 is 2.53 bits per heavy atom. The fourth-order valence-electron chi connectivity index (χ4n) is 3.90. The van der Waals surface area contributed by atoms with Crippen LogP contribution in [0, 0.1) is 18.8 Å². The smallest absolute Gasteiger partial charge is 0.266 e. The predicted octanol–water partition coefficient (Wildman–Crippen LogP) is 5.07. The van der Waals surface area contributed by atoms with Crippen LogP contribution in [0.4, 0.5) is 0 Å². The largest absolute Gasteiger partial charge is 0.508 e. The zero-order chi connectivity index (χ0) is 25.1. The molecule has 0 atom stereocenters. The molecule has 0 bridgehead atoms. The van der Waals surface area contributed by atoms with Gasteiger partial charge in [-0.15, -0.1) is 0 Å². The molecule has 0 fully saturated rings. The Labute approximate surface area is 207 Å². The highest BCUT2D eigenvalue weighted by atomic mass is 16.3. The summed E-state index contributed by atoms with van der Waals surface area (Å²) in [5.74, 6) is 6.65. The Bertz CT molecular complexity index is 1740. The van der Waals surface area contributed by atoms with Crippen LogP contribution in [0.2, 0.25) is 0 Å². The molecule has 6 heteroatoms. The SMILES string of the molecule is Cc1cc(C#Cc2cccnc2)ccc1-n1c(/C=C/c2cc(O)ccc2O)nc2ccccc2c1=O. The van der Waals surface area contributed by atoms with Crippen LogP contribution in [0.15, 0.2) is 90.0 Å². The Kier molecular flexibility index (Phi) is 6.04. The lowest BCUT2D eigenvalue weighted by Gasteiger charge is -2.14. The van der Waals surface area contributed by atoms with Gasteiger partial charge < -0.3 is 10.2 Å². The maximum atomic E-state index is 13.6. The highest BCUT2D eigenvalue weighted by Crippen LogP contribution is 2.25. The molecule has 2 aromatic heterocycles. The van der Waals surface area contributed by atoms with Gasteiger partial charge in [-0.1, -0.05) is 24.0 Å². The Morgan fingerprint density at radius 1 is 0.889 bits per heavy atom. The van der Waals surface area contributed by atoms with Crippen molar-refractivity contribution in [3.8, 4) is 29.0 Å². The summed E-state index contributed by atoms with van der Waals surface area (Å²) in [6.45, 7) is 1.92. The quantitative estimate of drug-likeness (QED) is 0.283. The number of aromatic nitrogens is 3. The Hall–Kier alpha value is -5.15. The van der Waals surface area contributed by atoms with Crippen molar-refractivity contribution in [3.05, 3.63) is 124 Å². The van der Waals surface area contributed by atoms with Crippen molar-refractivity contribution in [1.29, 1.82) is 0 Å². The van der Waals surface area contributed by atoms with Gasteiger partial charge in [-0.3, -0.25) is 14.3 Å². The third-order valence-electron chi connectivity index (χ3n) is 5.68. The van der Waals surface area contributed by atoms with E-state index >= 15 is 0 Å². The van der Waals surface area contributed by atoms with Crippen molar-refractivity contribution in [2.75, 3.05) is 0 Å².